The van der Waals surface area contributed by atoms with Gasteiger partial charge in [-0.3, -0.25) is 5.32 Å². The number of likely N-dealkylation sites (tertiary alicyclic amines) is 1. The minimum atomic E-state index is -0.855. The first-order chi connectivity index (χ1) is 13.8. The molecule has 6 heteroatoms. The summed E-state index contributed by atoms with van der Waals surface area (Å²) in [4.78, 5) is 18.8. The molecular weight excluding hydrogens is 366 g/mol. The fourth-order valence-electron chi connectivity index (χ4n) is 3.46. The highest BCUT2D eigenvalue weighted by atomic mass is 16.5. The molecule has 2 amide bonds. The van der Waals surface area contributed by atoms with Crippen LogP contribution in [0.4, 0.5) is 10.5 Å². The standard InChI is InChI=1S/C23H27N3O3/c1-5-20(25-22(27)26-14-13-23(3,28)15-26)24-21-16(2)18(11-12-19(21)29-4)17-9-7-6-8-10-17/h5-12,28H,1,13-15H2,2-4H3,(H,24,25,27). The van der Waals surface area contributed by atoms with Gasteiger partial charge in [0.15, 0.2) is 0 Å². The van der Waals surface area contributed by atoms with Gasteiger partial charge < -0.3 is 14.7 Å². The summed E-state index contributed by atoms with van der Waals surface area (Å²) in [5.41, 5.74) is 2.83. The topological polar surface area (TPSA) is 74.2 Å². The number of ether oxygens (including phenoxy) is 1. The molecule has 29 heavy (non-hydrogen) atoms. The van der Waals surface area contributed by atoms with Crippen molar-refractivity contribution in [3.63, 3.8) is 0 Å². The number of benzene rings is 2. The van der Waals surface area contributed by atoms with Gasteiger partial charge in [-0.25, -0.2) is 9.79 Å². The van der Waals surface area contributed by atoms with E-state index in [1.54, 1.807) is 18.9 Å². The Morgan fingerprint density at radius 3 is 2.62 bits per heavy atom. The number of hydrogen-bond acceptors (Lipinski definition) is 4. The van der Waals surface area contributed by atoms with E-state index in [-0.39, 0.29) is 12.6 Å². The summed E-state index contributed by atoms with van der Waals surface area (Å²) in [5.74, 6) is 0.938. The molecule has 6 nitrogen and oxygen atoms in total. The molecule has 1 heterocycles. The summed E-state index contributed by atoms with van der Waals surface area (Å²) in [6, 6.07) is 13.6. The van der Waals surface area contributed by atoms with Crippen LogP contribution in [0.3, 0.4) is 0 Å². The summed E-state index contributed by atoms with van der Waals surface area (Å²) in [7, 11) is 1.59. The van der Waals surface area contributed by atoms with Gasteiger partial charge in [0.1, 0.15) is 17.3 Å². The number of urea groups is 1. The SMILES string of the molecule is C=CC(=Nc1c(OC)ccc(-c2ccccc2)c1C)NC(=O)N1CCC(C)(O)C1. The Morgan fingerprint density at radius 1 is 1.31 bits per heavy atom. The molecule has 2 aromatic rings. The van der Waals surface area contributed by atoms with Crippen molar-refractivity contribution < 1.29 is 14.6 Å². The molecule has 1 aliphatic rings. The zero-order valence-corrected chi connectivity index (χ0v) is 17.1. The minimum Gasteiger partial charge on any atom is -0.494 e. The van der Waals surface area contributed by atoms with E-state index >= 15 is 0 Å². The van der Waals surface area contributed by atoms with Crippen LogP contribution in [0.1, 0.15) is 18.9 Å². The normalized spacial score (nSPS) is 19.2. The van der Waals surface area contributed by atoms with Crippen LogP contribution in [-0.4, -0.2) is 47.7 Å². The van der Waals surface area contributed by atoms with E-state index in [0.717, 1.165) is 16.7 Å². The molecule has 152 valence electrons. The van der Waals surface area contributed by atoms with Crippen LogP contribution in [0.15, 0.2) is 60.1 Å². The fourth-order valence-corrected chi connectivity index (χ4v) is 3.46. The van der Waals surface area contributed by atoms with E-state index in [0.29, 0.717) is 30.2 Å². The highest BCUT2D eigenvalue weighted by molar-refractivity contribution is 6.05. The van der Waals surface area contributed by atoms with Crippen molar-refractivity contribution in [3.05, 3.63) is 60.7 Å². The lowest BCUT2D eigenvalue weighted by Crippen LogP contribution is -2.42. The number of β-amino-alcohol motifs (C(OH)–C–C–N with tert-alkyl or cyclic N) is 1. The maximum atomic E-state index is 12.6. The van der Waals surface area contributed by atoms with E-state index in [4.69, 9.17) is 4.74 Å². The summed E-state index contributed by atoms with van der Waals surface area (Å²) in [6.45, 7) is 8.26. The molecule has 0 aromatic heterocycles. The van der Waals surface area contributed by atoms with Crippen molar-refractivity contribution in [1.82, 2.24) is 10.2 Å². The molecule has 0 saturated carbocycles. The first kappa shape index (κ1) is 20.6. The predicted molar refractivity (Wildman–Crippen MR) is 116 cm³/mol. The van der Waals surface area contributed by atoms with Crippen LogP contribution in [0.5, 0.6) is 5.75 Å². The van der Waals surface area contributed by atoms with E-state index in [2.05, 4.69) is 16.9 Å². The van der Waals surface area contributed by atoms with Crippen LogP contribution in [-0.2, 0) is 0 Å². The molecule has 0 radical (unpaired) electrons. The lowest BCUT2D eigenvalue weighted by Gasteiger charge is -2.20. The number of amides is 2. The Hall–Kier alpha value is -3.12. The third-order valence-corrected chi connectivity index (χ3v) is 5.10. The fraction of sp³-hybridized carbons (Fsp3) is 0.304. The van der Waals surface area contributed by atoms with Gasteiger partial charge in [-0.2, -0.15) is 0 Å². The van der Waals surface area contributed by atoms with E-state index in [1.807, 2.05) is 49.4 Å². The van der Waals surface area contributed by atoms with Gasteiger partial charge in [-0.05, 0) is 49.1 Å². The van der Waals surface area contributed by atoms with E-state index in [1.165, 1.54) is 6.08 Å². The second-order valence-corrected chi connectivity index (χ2v) is 7.45. The highest BCUT2D eigenvalue weighted by Crippen LogP contribution is 2.37. The van der Waals surface area contributed by atoms with Crippen molar-refractivity contribution in [1.29, 1.82) is 0 Å². The molecule has 1 unspecified atom stereocenters. The van der Waals surface area contributed by atoms with Gasteiger partial charge in [0.25, 0.3) is 0 Å². The number of aliphatic hydroxyl groups is 1. The average molecular weight is 393 g/mol. The third kappa shape index (κ3) is 4.66. The number of carbonyl (C=O) groups excluding carboxylic acids is 1. The minimum absolute atomic E-state index is 0.287. The Bertz CT molecular complexity index is 936. The molecule has 1 fully saturated rings. The van der Waals surface area contributed by atoms with Crippen LogP contribution >= 0.6 is 0 Å². The molecule has 2 N–H and O–H groups in total. The Kier molecular flexibility index (Phi) is 6.03. The lowest BCUT2D eigenvalue weighted by molar-refractivity contribution is 0.0722. The Balaban J connectivity index is 1.92. The van der Waals surface area contributed by atoms with E-state index < -0.39 is 5.60 Å². The van der Waals surface area contributed by atoms with Crippen LogP contribution in [0, 0.1) is 6.92 Å². The van der Waals surface area contributed by atoms with Gasteiger partial charge in [0.2, 0.25) is 0 Å². The molecule has 0 bridgehead atoms. The smallest absolute Gasteiger partial charge is 0.323 e. The average Bonchev–Trinajstić information content (AvgIpc) is 3.09. The molecule has 1 aliphatic heterocycles. The number of carbonyl (C=O) groups is 1. The first-order valence-corrected chi connectivity index (χ1v) is 9.57. The summed E-state index contributed by atoms with van der Waals surface area (Å²) >= 11 is 0. The number of hydrogen-bond donors (Lipinski definition) is 2. The second kappa shape index (κ2) is 8.49. The summed E-state index contributed by atoms with van der Waals surface area (Å²) in [6.07, 6.45) is 2.05. The summed E-state index contributed by atoms with van der Waals surface area (Å²) in [5, 5.41) is 12.9. The number of methoxy groups -OCH3 is 1. The van der Waals surface area contributed by atoms with Crippen molar-refractivity contribution in [2.24, 2.45) is 4.99 Å². The molecule has 0 spiro atoms. The largest absolute Gasteiger partial charge is 0.494 e. The Labute approximate surface area is 171 Å². The summed E-state index contributed by atoms with van der Waals surface area (Å²) < 4.78 is 5.50. The number of nitrogens with one attached hydrogen (secondary N) is 1. The molecule has 2 aromatic carbocycles. The van der Waals surface area contributed by atoms with Gasteiger partial charge >= 0.3 is 6.03 Å². The zero-order chi connectivity index (χ0) is 21.0. The quantitative estimate of drug-likeness (QED) is 0.608. The second-order valence-electron chi connectivity index (χ2n) is 7.45. The third-order valence-electron chi connectivity index (χ3n) is 5.10. The molecule has 1 atom stereocenters. The van der Waals surface area contributed by atoms with Crippen molar-refractivity contribution in [2.45, 2.75) is 25.9 Å². The number of nitrogens with zero attached hydrogens (tertiary/aromatic N) is 2. The van der Waals surface area contributed by atoms with Crippen molar-refractivity contribution in [3.8, 4) is 16.9 Å². The van der Waals surface area contributed by atoms with Gasteiger partial charge in [0.05, 0.1) is 19.3 Å². The van der Waals surface area contributed by atoms with Gasteiger partial charge in [-0.1, -0.05) is 43.0 Å². The van der Waals surface area contributed by atoms with Crippen LogP contribution in [0.2, 0.25) is 0 Å². The molecule has 3 rings (SSSR count). The van der Waals surface area contributed by atoms with Crippen LogP contribution in [0.25, 0.3) is 11.1 Å². The molecule has 1 saturated heterocycles. The van der Waals surface area contributed by atoms with Crippen molar-refractivity contribution in [2.75, 3.05) is 20.2 Å². The maximum Gasteiger partial charge on any atom is 0.323 e. The van der Waals surface area contributed by atoms with Gasteiger partial charge in [0, 0.05) is 6.54 Å². The monoisotopic (exact) mass is 393 g/mol. The number of aliphatic imine (C=N–C) groups is 1. The Morgan fingerprint density at radius 2 is 2.03 bits per heavy atom. The maximum absolute atomic E-state index is 12.6. The van der Waals surface area contributed by atoms with E-state index in [9.17, 15) is 9.90 Å². The number of rotatable bonds is 4. The van der Waals surface area contributed by atoms with Crippen LogP contribution < -0.4 is 10.1 Å². The molecular formula is C23H27N3O3. The first-order valence-electron chi connectivity index (χ1n) is 9.57. The predicted octanol–water partition coefficient (Wildman–Crippen LogP) is 4.05. The highest BCUT2D eigenvalue weighted by Gasteiger charge is 2.34. The molecule has 0 aliphatic carbocycles. The zero-order valence-electron chi connectivity index (χ0n) is 17.1. The number of amidine groups is 1. The van der Waals surface area contributed by atoms with Crippen molar-refractivity contribution >= 4 is 17.6 Å². The lowest BCUT2D eigenvalue weighted by atomic mass is 9.99. The van der Waals surface area contributed by atoms with Gasteiger partial charge in [-0.15, -0.1) is 0 Å².